The molecule has 0 saturated carbocycles. The van der Waals surface area contributed by atoms with Crippen molar-refractivity contribution >= 4 is 35.5 Å². The number of halogens is 1. The molecule has 4 aliphatic heterocycles. The number of carbonyl (C=O) groups is 5. The van der Waals surface area contributed by atoms with Crippen LogP contribution in [0.15, 0.2) is 36.5 Å². The van der Waals surface area contributed by atoms with Crippen LogP contribution in [0, 0.1) is 5.82 Å². The van der Waals surface area contributed by atoms with Gasteiger partial charge in [-0.1, -0.05) is 6.07 Å². The van der Waals surface area contributed by atoms with Crippen molar-refractivity contribution in [3.05, 3.63) is 59.2 Å². The lowest BCUT2D eigenvalue weighted by molar-refractivity contribution is -0.148. The second-order valence-corrected chi connectivity index (χ2v) is 10.4. The quantitative estimate of drug-likeness (QED) is 0.342. The van der Waals surface area contributed by atoms with Crippen LogP contribution in [0.4, 0.5) is 15.0 Å². The summed E-state index contributed by atoms with van der Waals surface area (Å²) in [5.74, 6) is -2.81. The van der Waals surface area contributed by atoms with E-state index in [1.165, 1.54) is 35.3 Å². The number of amides is 5. The minimum absolute atomic E-state index is 0.00548. The van der Waals surface area contributed by atoms with Gasteiger partial charge in [0.1, 0.15) is 17.7 Å². The summed E-state index contributed by atoms with van der Waals surface area (Å²) < 4.78 is 30.9. The van der Waals surface area contributed by atoms with Crippen LogP contribution in [0.2, 0.25) is 0 Å². The molecule has 0 bridgehead atoms. The fourth-order valence-electron chi connectivity index (χ4n) is 5.58. The number of hydrogen-bond acceptors (Lipinski definition) is 10. The predicted molar refractivity (Wildman–Crippen MR) is 142 cm³/mol. The van der Waals surface area contributed by atoms with Gasteiger partial charge >= 0.3 is 12.0 Å². The molecule has 6 rings (SSSR count). The fourth-order valence-corrected chi connectivity index (χ4v) is 5.58. The third-order valence-corrected chi connectivity index (χ3v) is 7.76. The summed E-state index contributed by atoms with van der Waals surface area (Å²) >= 11 is 0. The second kappa shape index (κ2) is 10.3. The summed E-state index contributed by atoms with van der Waals surface area (Å²) in [5.41, 5.74) is -1.26. The number of aliphatic hydroxyl groups is 1. The van der Waals surface area contributed by atoms with Crippen molar-refractivity contribution in [3.63, 3.8) is 0 Å². The highest BCUT2D eigenvalue weighted by molar-refractivity contribution is 6.09. The zero-order valence-electron chi connectivity index (χ0n) is 23.0. The molecule has 14 nitrogen and oxygen atoms in total. The highest BCUT2D eigenvalue weighted by atomic mass is 19.1. The summed E-state index contributed by atoms with van der Waals surface area (Å²) in [5, 5.41) is 12.5. The van der Waals surface area contributed by atoms with Crippen molar-refractivity contribution in [2.45, 2.75) is 44.1 Å². The number of hydrogen-bond donors (Lipinski definition) is 2. The Balaban J connectivity index is 1.32. The standard InChI is InChI=1S/C28H26FN5O9/c1-14(35)42-13-34-26(39)28(31-27(34)40,7-8-32-11-15-3-4-19(41-2)24(29)23(15)25(32)38)20-10-17-18(43-20)5-6-21(30-17)33-12-16(36)9-22(33)37/h3-8,16,20,36H,9-13H2,1-2H3,(H,31,40)/b8-7+/t16-,20?,28-/m0/s1. The summed E-state index contributed by atoms with van der Waals surface area (Å²) in [6.45, 7) is 0.546. The maximum atomic E-state index is 14.9. The van der Waals surface area contributed by atoms with E-state index in [4.69, 9.17) is 14.2 Å². The smallest absolute Gasteiger partial charge is 0.328 e. The van der Waals surface area contributed by atoms with E-state index >= 15 is 0 Å². The van der Waals surface area contributed by atoms with Crippen LogP contribution in [-0.4, -0.2) is 87.7 Å². The maximum absolute atomic E-state index is 14.9. The number of aliphatic hydroxyl groups excluding tert-OH is 1. The summed E-state index contributed by atoms with van der Waals surface area (Å²) in [7, 11) is 1.28. The number of imide groups is 1. The first-order chi connectivity index (χ1) is 20.5. The van der Waals surface area contributed by atoms with Crippen molar-refractivity contribution in [1.82, 2.24) is 20.1 Å². The largest absolute Gasteiger partial charge is 0.494 e. The number of nitrogens with one attached hydrogen (secondary N) is 1. The first-order valence-corrected chi connectivity index (χ1v) is 13.3. The Morgan fingerprint density at radius 1 is 1.23 bits per heavy atom. The number of anilines is 1. The lowest BCUT2D eigenvalue weighted by Crippen LogP contribution is -2.57. The molecule has 1 aromatic heterocycles. The van der Waals surface area contributed by atoms with Crippen LogP contribution in [0.25, 0.3) is 0 Å². The highest BCUT2D eigenvalue weighted by Gasteiger charge is 2.58. The molecular weight excluding hydrogens is 569 g/mol. The van der Waals surface area contributed by atoms with E-state index in [0.29, 0.717) is 27.7 Å². The maximum Gasteiger partial charge on any atom is 0.328 e. The van der Waals surface area contributed by atoms with Gasteiger partial charge < -0.3 is 29.5 Å². The van der Waals surface area contributed by atoms with E-state index in [0.717, 1.165) is 6.92 Å². The third kappa shape index (κ3) is 4.61. The van der Waals surface area contributed by atoms with E-state index in [-0.39, 0.29) is 43.2 Å². The molecule has 224 valence electrons. The van der Waals surface area contributed by atoms with Gasteiger partial charge in [-0.05, 0) is 29.8 Å². The number of rotatable bonds is 7. The Labute approximate surface area is 243 Å². The molecule has 0 radical (unpaired) electrons. The van der Waals surface area contributed by atoms with Crippen molar-refractivity contribution in [2.75, 3.05) is 25.3 Å². The van der Waals surface area contributed by atoms with E-state index in [1.807, 2.05) is 0 Å². The molecule has 5 amide bonds. The normalized spacial score (nSPS) is 24.5. The monoisotopic (exact) mass is 595 g/mol. The van der Waals surface area contributed by atoms with E-state index in [9.17, 15) is 33.5 Å². The van der Waals surface area contributed by atoms with Gasteiger partial charge in [-0.15, -0.1) is 0 Å². The Hall–Kier alpha value is -5.05. The minimum Gasteiger partial charge on any atom is -0.494 e. The average molecular weight is 596 g/mol. The van der Waals surface area contributed by atoms with Gasteiger partial charge in [0.15, 0.2) is 23.8 Å². The van der Waals surface area contributed by atoms with Crippen LogP contribution >= 0.6 is 0 Å². The zero-order valence-corrected chi connectivity index (χ0v) is 23.0. The molecule has 15 heteroatoms. The van der Waals surface area contributed by atoms with Crippen LogP contribution < -0.4 is 19.7 Å². The van der Waals surface area contributed by atoms with E-state index in [2.05, 4.69) is 10.3 Å². The van der Waals surface area contributed by atoms with Crippen LogP contribution in [0.1, 0.15) is 35.0 Å². The Bertz CT molecular complexity index is 1610. The molecule has 2 saturated heterocycles. The summed E-state index contributed by atoms with van der Waals surface area (Å²) in [6.07, 6.45) is 0.654. The predicted octanol–water partition coefficient (Wildman–Crippen LogP) is 0.611. The van der Waals surface area contributed by atoms with Crippen molar-refractivity contribution < 1.29 is 47.7 Å². The molecule has 3 atom stereocenters. The molecule has 1 unspecified atom stereocenters. The Morgan fingerprint density at radius 3 is 2.72 bits per heavy atom. The molecule has 2 aromatic rings. The van der Waals surface area contributed by atoms with E-state index < -0.39 is 54.1 Å². The van der Waals surface area contributed by atoms with Crippen molar-refractivity contribution in [2.24, 2.45) is 0 Å². The molecule has 4 aliphatic rings. The van der Waals surface area contributed by atoms with Gasteiger partial charge in [0.25, 0.3) is 11.8 Å². The topological polar surface area (TPSA) is 168 Å². The molecule has 2 fully saturated rings. The number of esters is 1. The SMILES string of the molecule is COc1ccc2c(c1F)C(=O)N(/C=C/[C@@]1(C3Cc4nc(N5C[C@@H](O)CC5=O)ccc4O3)NC(=O)N(COC(C)=O)C1=O)C2. The number of benzene rings is 1. The third-order valence-electron chi connectivity index (χ3n) is 7.76. The fraction of sp³-hybridized carbons (Fsp3) is 0.357. The number of fused-ring (bicyclic) bond motifs is 2. The summed E-state index contributed by atoms with van der Waals surface area (Å²) in [6, 6.07) is 5.22. The summed E-state index contributed by atoms with van der Waals surface area (Å²) in [4.78, 5) is 71.4. The average Bonchev–Trinajstić information content (AvgIpc) is 3.69. The van der Waals surface area contributed by atoms with Crippen LogP contribution in [-0.2, 0) is 32.1 Å². The first kappa shape index (κ1) is 28.1. The van der Waals surface area contributed by atoms with Gasteiger partial charge in [0.2, 0.25) is 5.91 Å². The number of β-amino-alcohol motifs (C(OH)–C–C–N with tert-alkyl or cyclic N) is 1. The molecule has 0 spiro atoms. The van der Waals surface area contributed by atoms with Gasteiger partial charge in [-0.3, -0.25) is 24.1 Å². The minimum atomic E-state index is -1.89. The number of pyridine rings is 1. The van der Waals surface area contributed by atoms with Crippen LogP contribution in [0.3, 0.4) is 0 Å². The number of methoxy groups -OCH3 is 1. The van der Waals surface area contributed by atoms with Crippen LogP contribution in [0.5, 0.6) is 11.5 Å². The van der Waals surface area contributed by atoms with Gasteiger partial charge in [-0.25, -0.2) is 19.1 Å². The Kier molecular flexibility index (Phi) is 6.76. The lowest BCUT2D eigenvalue weighted by Gasteiger charge is -2.29. The first-order valence-electron chi connectivity index (χ1n) is 13.3. The van der Waals surface area contributed by atoms with E-state index in [1.54, 1.807) is 18.2 Å². The Morgan fingerprint density at radius 2 is 2.02 bits per heavy atom. The molecule has 0 aliphatic carbocycles. The number of urea groups is 1. The van der Waals surface area contributed by atoms with Crippen molar-refractivity contribution in [3.8, 4) is 11.5 Å². The number of carbonyl (C=O) groups excluding carboxylic acids is 5. The lowest BCUT2D eigenvalue weighted by atomic mass is 9.89. The van der Waals surface area contributed by atoms with Crippen molar-refractivity contribution in [1.29, 1.82) is 0 Å². The molecule has 2 N–H and O–H groups in total. The highest BCUT2D eigenvalue weighted by Crippen LogP contribution is 2.38. The number of aromatic nitrogens is 1. The molecule has 1 aromatic carbocycles. The number of ether oxygens (including phenoxy) is 3. The molecular formula is C28H26FN5O9. The second-order valence-electron chi connectivity index (χ2n) is 10.4. The molecule has 43 heavy (non-hydrogen) atoms. The van der Waals surface area contributed by atoms with Gasteiger partial charge in [0.05, 0.1) is 44.0 Å². The van der Waals surface area contributed by atoms with Gasteiger partial charge in [-0.2, -0.15) is 0 Å². The number of nitrogens with zero attached hydrogens (tertiary/aromatic N) is 4. The zero-order chi connectivity index (χ0) is 30.6. The molecule has 5 heterocycles. The van der Waals surface area contributed by atoms with Gasteiger partial charge in [0, 0.05) is 19.5 Å².